The van der Waals surface area contributed by atoms with Gasteiger partial charge in [-0.1, -0.05) is 48.0 Å². The van der Waals surface area contributed by atoms with E-state index in [1.807, 2.05) is 0 Å². The topological polar surface area (TPSA) is 15.3 Å². The Morgan fingerprint density at radius 1 is 1.00 bits per heavy atom. The molecule has 2 heteroatoms. The number of rotatable bonds is 9. The molecule has 0 aromatic rings. The van der Waals surface area contributed by atoms with Gasteiger partial charge in [0.05, 0.1) is 0 Å². The zero-order valence-corrected chi connectivity index (χ0v) is 15.5. The maximum atomic E-state index is 3.85. The minimum Gasteiger partial charge on any atom is -0.312 e. The Labute approximate surface area is 134 Å². The van der Waals surface area contributed by atoms with E-state index in [1.165, 1.54) is 51.7 Å². The highest BCUT2D eigenvalue weighted by Crippen LogP contribution is 2.31. The van der Waals surface area contributed by atoms with Crippen molar-refractivity contribution < 1.29 is 0 Å². The number of nitrogens with one attached hydrogen (secondary N) is 1. The lowest BCUT2D eigenvalue weighted by molar-refractivity contribution is 0.0752. The van der Waals surface area contributed by atoms with Crippen molar-refractivity contribution in [2.75, 3.05) is 19.6 Å². The van der Waals surface area contributed by atoms with Gasteiger partial charge in [0, 0.05) is 25.2 Å². The monoisotopic (exact) mass is 296 g/mol. The van der Waals surface area contributed by atoms with Crippen LogP contribution in [0.25, 0.3) is 0 Å². The van der Waals surface area contributed by atoms with E-state index in [4.69, 9.17) is 0 Å². The molecule has 0 aromatic carbocycles. The summed E-state index contributed by atoms with van der Waals surface area (Å²) in [6.07, 6.45) is 6.79. The second kappa shape index (κ2) is 9.84. The van der Waals surface area contributed by atoms with Crippen LogP contribution in [0.15, 0.2) is 0 Å². The molecule has 1 aliphatic carbocycles. The van der Waals surface area contributed by atoms with Gasteiger partial charge in [-0.2, -0.15) is 0 Å². The lowest BCUT2D eigenvalue weighted by atomic mass is 9.79. The van der Waals surface area contributed by atoms with Gasteiger partial charge in [0.1, 0.15) is 0 Å². The summed E-state index contributed by atoms with van der Waals surface area (Å²) in [4.78, 5) is 2.81. The second-order valence-corrected chi connectivity index (χ2v) is 7.96. The number of nitrogens with zero attached hydrogens (tertiary/aromatic N) is 1. The molecule has 0 spiro atoms. The van der Waals surface area contributed by atoms with Crippen LogP contribution in [0.4, 0.5) is 0 Å². The molecule has 1 fully saturated rings. The van der Waals surface area contributed by atoms with Crippen LogP contribution in [-0.2, 0) is 0 Å². The minimum atomic E-state index is 0.713. The molecule has 3 atom stereocenters. The van der Waals surface area contributed by atoms with E-state index in [2.05, 4.69) is 51.8 Å². The van der Waals surface area contributed by atoms with Crippen molar-refractivity contribution in [3.8, 4) is 0 Å². The van der Waals surface area contributed by atoms with E-state index in [1.54, 1.807) is 0 Å². The zero-order chi connectivity index (χ0) is 15.8. The van der Waals surface area contributed by atoms with Crippen molar-refractivity contribution in [3.63, 3.8) is 0 Å². The Hall–Kier alpha value is -0.0800. The standard InChI is InChI=1S/C19H40N2/c1-7-11-20-18-10-9-17(8-2)12-19(18)21(13-15(3)4)14-16(5)6/h15-20H,7-14H2,1-6H3. The molecule has 2 nitrogen and oxygen atoms in total. The molecule has 0 saturated heterocycles. The second-order valence-electron chi connectivity index (χ2n) is 7.96. The molecule has 0 amide bonds. The fourth-order valence-electron chi connectivity index (χ4n) is 3.86. The number of hydrogen-bond donors (Lipinski definition) is 1. The summed E-state index contributed by atoms with van der Waals surface area (Å²) < 4.78 is 0. The molecule has 3 unspecified atom stereocenters. The molecule has 126 valence electrons. The van der Waals surface area contributed by atoms with Crippen LogP contribution in [0.5, 0.6) is 0 Å². The maximum Gasteiger partial charge on any atom is 0.0252 e. The molecule has 0 radical (unpaired) electrons. The molecule has 1 rings (SSSR count). The normalized spacial score (nSPS) is 27.0. The van der Waals surface area contributed by atoms with E-state index in [9.17, 15) is 0 Å². The smallest absolute Gasteiger partial charge is 0.0252 e. The van der Waals surface area contributed by atoms with Crippen molar-refractivity contribution in [2.45, 2.75) is 85.7 Å². The molecule has 0 aromatic heterocycles. The van der Waals surface area contributed by atoms with Crippen molar-refractivity contribution >= 4 is 0 Å². The predicted octanol–water partition coefficient (Wildman–Crippen LogP) is 4.55. The molecular formula is C19H40N2. The highest BCUT2D eigenvalue weighted by molar-refractivity contribution is 4.91. The fraction of sp³-hybridized carbons (Fsp3) is 1.00. The fourth-order valence-corrected chi connectivity index (χ4v) is 3.86. The Morgan fingerprint density at radius 2 is 1.62 bits per heavy atom. The molecule has 0 heterocycles. The highest BCUT2D eigenvalue weighted by Gasteiger charge is 2.33. The van der Waals surface area contributed by atoms with Crippen molar-refractivity contribution in [2.24, 2.45) is 17.8 Å². The van der Waals surface area contributed by atoms with Gasteiger partial charge in [-0.15, -0.1) is 0 Å². The predicted molar refractivity (Wildman–Crippen MR) is 94.8 cm³/mol. The van der Waals surface area contributed by atoms with Gasteiger partial charge in [-0.3, -0.25) is 4.90 Å². The van der Waals surface area contributed by atoms with E-state index >= 15 is 0 Å². The first kappa shape index (κ1) is 19.0. The number of hydrogen-bond acceptors (Lipinski definition) is 2. The highest BCUT2D eigenvalue weighted by atomic mass is 15.2. The average Bonchev–Trinajstić information content (AvgIpc) is 2.43. The molecule has 1 saturated carbocycles. The summed E-state index contributed by atoms with van der Waals surface area (Å²) in [6, 6.07) is 1.46. The lowest BCUT2D eigenvalue weighted by Gasteiger charge is -2.44. The first-order valence-corrected chi connectivity index (χ1v) is 9.45. The summed E-state index contributed by atoms with van der Waals surface area (Å²) in [5, 5.41) is 3.85. The van der Waals surface area contributed by atoms with Crippen LogP contribution < -0.4 is 5.32 Å². The molecule has 0 aliphatic heterocycles. The van der Waals surface area contributed by atoms with Gasteiger partial charge in [0.15, 0.2) is 0 Å². The van der Waals surface area contributed by atoms with Crippen molar-refractivity contribution in [1.82, 2.24) is 10.2 Å². The van der Waals surface area contributed by atoms with E-state index in [-0.39, 0.29) is 0 Å². The van der Waals surface area contributed by atoms with E-state index in [0.717, 1.165) is 23.8 Å². The van der Waals surface area contributed by atoms with Gasteiger partial charge in [0.25, 0.3) is 0 Å². The zero-order valence-electron chi connectivity index (χ0n) is 15.5. The molecule has 0 bridgehead atoms. The largest absolute Gasteiger partial charge is 0.312 e. The Balaban J connectivity index is 2.78. The van der Waals surface area contributed by atoms with Crippen LogP contribution in [0.2, 0.25) is 0 Å². The SMILES string of the molecule is CCCNC1CCC(CC)CC1N(CC(C)C)CC(C)C. The van der Waals surface area contributed by atoms with Gasteiger partial charge < -0.3 is 5.32 Å². The van der Waals surface area contributed by atoms with Crippen LogP contribution in [0, 0.1) is 17.8 Å². The third-order valence-corrected chi connectivity index (χ3v) is 4.83. The van der Waals surface area contributed by atoms with Crippen LogP contribution >= 0.6 is 0 Å². The van der Waals surface area contributed by atoms with Gasteiger partial charge in [0.2, 0.25) is 0 Å². The lowest BCUT2D eigenvalue weighted by Crippen LogP contribution is -2.55. The van der Waals surface area contributed by atoms with E-state index in [0.29, 0.717) is 6.04 Å². The van der Waals surface area contributed by atoms with Crippen molar-refractivity contribution in [1.29, 1.82) is 0 Å². The maximum absolute atomic E-state index is 3.85. The quantitative estimate of drug-likeness (QED) is 0.671. The molecule has 1 N–H and O–H groups in total. The molecule has 1 aliphatic rings. The van der Waals surface area contributed by atoms with Crippen LogP contribution in [0.3, 0.4) is 0 Å². The Bertz CT molecular complexity index is 252. The summed E-state index contributed by atoms with van der Waals surface area (Å²) >= 11 is 0. The Kier molecular flexibility index (Phi) is 8.89. The summed E-state index contributed by atoms with van der Waals surface area (Å²) in [5.74, 6) is 2.46. The average molecular weight is 297 g/mol. The summed E-state index contributed by atoms with van der Waals surface area (Å²) in [6.45, 7) is 17.8. The van der Waals surface area contributed by atoms with Crippen LogP contribution in [-0.4, -0.2) is 36.6 Å². The Morgan fingerprint density at radius 3 is 2.10 bits per heavy atom. The third kappa shape index (κ3) is 6.69. The molecule has 21 heavy (non-hydrogen) atoms. The van der Waals surface area contributed by atoms with Crippen LogP contribution in [0.1, 0.15) is 73.6 Å². The summed E-state index contributed by atoms with van der Waals surface area (Å²) in [5.41, 5.74) is 0. The van der Waals surface area contributed by atoms with E-state index < -0.39 is 0 Å². The van der Waals surface area contributed by atoms with Crippen molar-refractivity contribution in [3.05, 3.63) is 0 Å². The molecular weight excluding hydrogens is 256 g/mol. The van der Waals surface area contributed by atoms with Gasteiger partial charge in [-0.05, 0) is 50.0 Å². The van der Waals surface area contributed by atoms with Gasteiger partial charge in [-0.25, -0.2) is 0 Å². The third-order valence-electron chi connectivity index (χ3n) is 4.83. The van der Waals surface area contributed by atoms with Gasteiger partial charge >= 0.3 is 0 Å². The first-order valence-electron chi connectivity index (χ1n) is 9.45. The minimum absolute atomic E-state index is 0.713. The summed E-state index contributed by atoms with van der Waals surface area (Å²) in [7, 11) is 0. The first-order chi connectivity index (χ1) is 9.97.